The standard InChI is InChI=1S/C18H19ClN2O5/c1-12-14(19)5-2-6-15(12)21-17(23)11-26-18(24)8-7-16(22)20-10-13-4-3-9-25-13/h2-6,9H,7-8,10-11H2,1H3,(H,20,22)(H,21,23). The predicted octanol–water partition coefficient (Wildman–Crippen LogP) is 2.82. The second kappa shape index (κ2) is 9.62. The van der Waals surface area contributed by atoms with Crippen LogP contribution in [-0.2, 0) is 25.7 Å². The van der Waals surface area contributed by atoms with Crippen molar-refractivity contribution < 1.29 is 23.5 Å². The highest BCUT2D eigenvalue weighted by Gasteiger charge is 2.12. The Morgan fingerprint density at radius 1 is 1.12 bits per heavy atom. The van der Waals surface area contributed by atoms with Crippen molar-refractivity contribution in [2.45, 2.75) is 26.3 Å². The van der Waals surface area contributed by atoms with Gasteiger partial charge in [0.1, 0.15) is 5.76 Å². The van der Waals surface area contributed by atoms with Crippen LogP contribution >= 0.6 is 11.6 Å². The van der Waals surface area contributed by atoms with Crippen LogP contribution in [0.1, 0.15) is 24.2 Å². The Kier molecular flexibility index (Phi) is 7.23. The van der Waals surface area contributed by atoms with Crippen molar-refractivity contribution >= 4 is 35.1 Å². The number of amides is 2. The number of carbonyl (C=O) groups is 3. The lowest BCUT2D eigenvalue weighted by atomic mass is 10.2. The van der Waals surface area contributed by atoms with E-state index in [0.717, 1.165) is 5.56 Å². The highest BCUT2D eigenvalue weighted by Crippen LogP contribution is 2.22. The van der Waals surface area contributed by atoms with Gasteiger partial charge in [0.15, 0.2) is 6.61 Å². The highest BCUT2D eigenvalue weighted by atomic mass is 35.5. The van der Waals surface area contributed by atoms with Crippen LogP contribution in [0, 0.1) is 6.92 Å². The van der Waals surface area contributed by atoms with E-state index in [9.17, 15) is 14.4 Å². The van der Waals surface area contributed by atoms with Gasteiger partial charge in [-0.05, 0) is 36.8 Å². The van der Waals surface area contributed by atoms with Gasteiger partial charge in [0.2, 0.25) is 5.91 Å². The van der Waals surface area contributed by atoms with Crippen molar-refractivity contribution in [2.75, 3.05) is 11.9 Å². The Bertz CT molecular complexity index is 774. The van der Waals surface area contributed by atoms with Gasteiger partial charge < -0.3 is 19.8 Å². The fourth-order valence-corrected chi connectivity index (χ4v) is 2.22. The van der Waals surface area contributed by atoms with Crippen LogP contribution < -0.4 is 10.6 Å². The predicted molar refractivity (Wildman–Crippen MR) is 95.6 cm³/mol. The number of nitrogens with one attached hydrogen (secondary N) is 2. The molecule has 8 heteroatoms. The molecule has 0 unspecified atom stereocenters. The molecule has 0 spiro atoms. The first kappa shape index (κ1) is 19.5. The van der Waals surface area contributed by atoms with Crippen LogP contribution in [0.3, 0.4) is 0 Å². The molecule has 0 saturated heterocycles. The summed E-state index contributed by atoms with van der Waals surface area (Å²) in [7, 11) is 0. The van der Waals surface area contributed by atoms with Crippen molar-refractivity contribution in [3.63, 3.8) is 0 Å². The van der Waals surface area contributed by atoms with Crippen LogP contribution in [0.2, 0.25) is 5.02 Å². The zero-order valence-corrected chi connectivity index (χ0v) is 15.0. The number of hydrogen-bond acceptors (Lipinski definition) is 5. The number of furan rings is 1. The molecule has 1 aromatic heterocycles. The fourth-order valence-electron chi connectivity index (χ4n) is 2.05. The molecule has 0 fully saturated rings. The van der Waals surface area contributed by atoms with Gasteiger partial charge in [0, 0.05) is 17.1 Å². The molecular weight excluding hydrogens is 360 g/mol. The van der Waals surface area contributed by atoms with Gasteiger partial charge in [-0.3, -0.25) is 14.4 Å². The first-order valence-electron chi connectivity index (χ1n) is 7.95. The van der Waals surface area contributed by atoms with E-state index in [4.69, 9.17) is 20.8 Å². The van der Waals surface area contributed by atoms with E-state index < -0.39 is 18.5 Å². The molecule has 0 aliphatic carbocycles. The molecule has 7 nitrogen and oxygen atoms in total. The minimum Gasteiger partial charge on any atom is -0.467 e. The van der Waals surface area contributed by atoms with Crippen molar-refractivity contribution in [1.29, 1.82) is 0 Å². The smallest absolute Gasteiger partial charge is 0.306 e. The Balaban J connectivity index is 1.65. The topological polar surface area (TPSA) is 97.6 Å². The molecule has 0 aliphatic rings. The van der Waals surface area contributed by atoms with E-state index in [1.165, 1.54) is 6.26 Å². The maximum atomic E-state index is 11.8. The minimum atomic E-state index is -0.629. The lowest BCUT2D eigenvalue weighted by molar-refractivity contribution is -0.148. The lowest BCUT2D eigenvalue weighted by Crippen LogP contribution is -2.25. The summed E-state index contributed by atoms with van der Waals surface area (Å²) in [5.74, 6) is -0.798. The molecule has 2 aromatic rings. The number of benzene rings is 1. The van der Waals surface area contributed by atoms with Crippen LogP contribution in [0.4, 0.5) is 5.69 Å². The van der Waals surface area contributed by atoms with Gasteiger partial charge >= 0.3 is 5.97 Å². The van der Waals surface area contributed by atoms with Gasteiger partial charge in [-0.2, -0.15) is 0 Å². The summed E-state index contributed by atoms with van der Waals surface area (Å²) in [4.78, 5) is 35.1. The van der Waals surface area contributed by atoms with Crippen molar-refractivity contribution in [3.8, 4) is 0 Å². The summed E-state index contributed by atoms with van der Waals surface area (Å²) in [5, 5.41) is 5.76. The number of halogens is 1. The zero-order valence-electron chi connectivity index (χ0n) is 14.2. The lowest BCUT2D eigenvalue weighted by Gasteiger charge is -2.10. The molecule has 2 amide bonds. The van der Waals surface area contributed by atoms with E-state index in [1.807, 2.05) is 0 Å². The molecule has 26 heavy (non-hydrogen) atoms. The number of rotatable bonds is 8. The summed E-state index contributed by atoms with van der Waals surface area (Å²) in [6.45, 7) is 1.59. The second-order valence-electron chi connectivity index (χ2n) is 5.48. The maximum absolute atomic E-state index is 11.8. The number of hydrogen-bond donors (Lipinski definition) is 2. The van der Waals surface area contributed by atoms with E-state index in [2.05, 4.69) is 10.6 Å². The second-order valence-corrected chi connectivity index (χ2v) is 5.88. The molecule has 2 N–H and O–H groups in total. The van der Waals surface area contributed by atoms with Crippen LogP contribution in [0.5, 0.6) is 0 Å². The average molecular weight is 379 g/mol. The molecular formula is C18H19ClN2O5. The van der Waals surface area contributed by atoms with E-state index in [1.54, 1.807) is 37.3 Å². The Labute approximate surface area is 155 Å². The largest absolute Gasteiger partial charge is 0.467 e. The maximum Gasteiger partial charge on any atom is 0.306 e. The third-order valence-corrected chi connectivity index (χ3v) is 3.91. The van der Waals surface area contributed by atoms with Gasteiger partial charge in [-0.15, -0.1) is 0 Å². The van der Waals surface area contributed by atoms with Gasteiger partial charge in [0.05, 0.1) is 19.2 Å². The van der Waals surface area contributed by atoms with Crippen molar-refractivity contribution in [1.82, 2.24) is 5.32 Å². The minimum absolute atomic E-state index is 0.0332. The fraction of sp³-hybridized carbons (Fsp3) is 0.278. The quantitative estimate of drug-likeness (QED) is 0.688. The monoisotopic (exact) mass is 378 g/mol. The number of ether oxygens (including phenoxy) is 1. The zero-order chi connectivity index (χ0) is 18.9. The SMILES string of the molecule is Cc1c(Cl)cccc1NC(=O)COC(=O)CCC(=O)NCc1ccco1. The first-order chi connectivity index (χ1) is 12.5. The summed E-state index contributed by atoms with van der Waals surface area (Å²) >= 11 is 5.97. The summed E-state index contributed by atoms with van der Waals surface area (Å²) in [6.07, 6.45) is 1.36. The molecule has 0 saturated carbocycles. The Morgan fingerprint density at radius 3 is 2.65 bits per heavy atom. The van der Waals surface area contributed by atoms with Gasteiger partial charge in [0.25, 0.3) is 5.91 Å². The summed E-state index contributed by atoms with van der Waals surface area (Å²) in [5.41, 5.74) is 1.28. The van der Waals surface area contributed by atoms with Gasteiger partial charge in [-0.1, -0.05) is 17.7 Å². The third kappa shape index (κ3) is 6.25. The molecule has 1 aromatic carbocycles. The Morgan fingerprint density at radius 2 is 1.92 bits per heavy atom. The highest BCUT2D eigenvalue weighted by molar-refractivity contribution is 6.31. The number of esters is 1. The van der Waals surface area contributed by atoms with Crippen molar-refractivity contribution in [3.05, 3.63) is 52.9 Å². The molecule has 0 radical (unpaired) electrons. The van der Waals surface area contributed by atoms with E-state index >= 15 is 0 Å². The van der Waals surface area contributed by atoms with Crippen LogP contribution in [-0.4, -0.2) is 24.4 Å². The third-order valence-electron chi connectivity index (χ3n) is 3.50. The summed E-state index contributed by atoms with van der Waals surface area (Å²) in [6, 6.07) is 8.57. The number of carbonyl (C=O) groups excluding carboxylic acids is 3. The molecule has 0 bridgehead atoms. The van der Waals surface area contributed by atoms with Crippen molar-refractivity contribution in [2.24, 2.45) is 0 Å². The molecule has 138 valence electrons. The first-order valence-corrected chi connectivity index (χ1v) is 8.33. The van der Waals surface area contributed by atoms with Crippen LogP contribution in [0.25, 0.3) is 0 Å². The molecule has 2 rings (SSSR count). The van der Waals surface area contributed by atoms with E-state index in [-0.39, 0.29) is 25.3 Å². The molecule has 0 atom stereocenters. The van der Waals surface area contributed by atoms with E-state index in [0.29, 0.717) is 16.5 Å². The average Bonchev–Trinajstić information content (AvgIpc) is 3.14. The Hall–Kier alpha value is -2.80. The molecule has 0 aliphatic heterocycles. The summed E-state index contributed by atoms with van der Waals surface area (Å²) < 4.78 is 9.94. The van der Waals surface area contributed by atoms with Gasteiger partial charge in [-0.25, -0.2) is 0 Å². The van der Waals surface area contributed by atoms with Crippen LogP contribution in [0.15, 0.2) is 41.0 Å². The molecule has 1 heterocycles. The normalized spacial score (nSPS) is 10.2. The number of anilines is 1.